The number of aromatic nitrogens is 2. The summed E-state index contributed by atoms with van der Waals surface area (Å²) in [5.41, 5.74) is 3.75. The Kier molecular flexibility index (Phi) is 5.26. The van der Waals surface area contributed by atoms with Crippen LogP contribution in [0.5, 0.6) is 0 Å². The first-order valence-corrected chi connectivity index (χ1v) is 9.97. The minimum absolute atomic E-state index is 0.00886. The lowest BCUT2D eigenvalue weighted by Crippen LogP contribution is -2.56. The van der Waals surface area contributed by atoms with Crippen LogP contribution in [0.3, 0.4) is 0 Å². The van der Waals surface area contributed by atoms with Crippen LogP contribution in [0.4, 0.5) is 13.2 Å². The summed E-state index contributed by atoms with van der Waals surface area (Å²) in [6.45, 7) is 3.87. The van der Waals surface area contributed by atoms with Gasteiger partial charge in [0.25, 0.3) is 0 Å². The normalized spacial score (nSPS) is 24.6. The Bertz CT molecular complexity index is 1130. The van der Waals surface area contributed by atoms with Crippen molar-refractivity contribution < 1.29 is 23.1 Å². The number of aliphatic hydroxyl groups is 1. The van der Waals surface area contributed by atoms with Crippen LogP contribution >= 0.6 is 0 Å². The van der Waals surface area contributed by atoms with Gasteiger partial charge < -0.3 is 15.8 Å². The third kappa shape index (κ3) is 3.47. The summed E-state index contributed by atoms with van der Waals surface area (Å²) in [6.07, 6.45) is 2.55. The second-order valence-electron chi connectivity index (χ2n) is 8.32. The molecule has 1 amide bonds. The average Bonchev–Trinajstić information content (AvgIpc) is 3.06. The van der Waals surface area contributed by atoms with Gasteiger partial charge in [0.2, 0.25) is 5.91 Å². The van der Waals surface area contributed by atoms with Crippen molar-refractivity contribution in [3.05, 3.63) is 53.6 Å². The molecule has 1 fully saturated rings. The van der Waals surface area contributed by atoms with Gasteiger partial charge in [-0.2, -0.15) is 0 Å². The van der Waals surface area contributed by atoms with E-state index in [-0.39, 0.29) is 41.8 Å². The molecule has 1 aromatic carbocycles. The van der Waals surface area contributed by atoms with Gasteiger partial charge in [0.1, 0.15) is 22.9 Å². The van der Waals surface area contributed by atoms with E-state index in [9.17, 15) is 14.3 Å². The molecule has 4 rings (SSSR count). The van der Waals surface area contributed by atoms with Gasteiger partial charge in [0.05, 0.1) is 17.5 Å². The van der Waals surface area contributed by atoms with Crippen molar-refractivity contribution in [2.45, 2.75) is 19.4 Å². The standard InChI is InChI=1S/C22H23F3N4O2/c1-11-8-29(10-18(26)30)9-12(2)22(11,31)20-15(23)5-13(6-16(20)24)14-3-4-27-21-19(14)17(25)7-28-21/h3-7,11-12,31H,8-10H2,1-2H3,(H2,26,30)(H,27,28)/t11-,12+,22?. The summed E-state index contributed by atoms with van der Waals surface area (Å²) in [7, 11) is 0. The van der Waals surface area contributed by atoms with Crippen LogP contribution in [0.1, 0.15) is 19.4 Å². The van der Waals surface area contributed by atoms with E-state index in [2.05, 4.69) is 9.97 Å². The van der Waals surface area contributed by atoms with Crippen molar-refractivity contribution in [2.75, 3.05) is 19.6 Å². The number of primary amides is 1. The molecule has 3 atom stereocenters. The molecule has 0 radical (unpaired) electrons. The Hall–Kier alpha value is -2.91. The van der Waals surface area contributed by atoms with Gasteiger partial charge in [0, 0.05) is 37.3 Å². The lowest BCUT2D eigenvalue weighted by atomic mass is 9.70. The Morgan fingerprint density at radius 2 is 1.84 bits per heavy atom. The molecule has 3 aromatic rings. The predicted molar refractivity (Wildman–Crippen MR) is 109 cm³/mol. The van der Waals surface area contributed by atoms with Crippen LogP contribution in [-0.4, -0.2) is 45.5 Å². The zero-order valence-electron chi connectivity index (χ0n) is 17.1. The topological polar surface area (TPSA) is 95.2 Å². The Balaban J connectivity index is 1.77. The molecular formula is C22H23F3N4O2. The number of piperidine rings is 1. The number of amides is 1. The largest absolute Gasteiger partial charge is 0.384 e. The monoisotopic (exact) mass is 432 g/mol. The molecule has 3 heterocycles. The maximum absolute atomic E-state index is 15.3. The third-order valence-electron chi connectivity index (χ3n) is 6.23. The van der Waals surface area contributed by atoms with Gasteiger partial charge in [-0.15, -0.1) is 0 Å². The Morgan fingerprint density at radius 3 is 2.42 bits per heavy atom. The van der Waals surface area contributed by atoms with Crippen LogP contribution in [0.2, 0.25) is 0 Å². The second-order valence-corrected chi connectivity index (χ2v) is 8.32. The highest BCUT2D eigenvalue weighted by Gasteiger charge is 2.49. The third-order valence-corrected chi connectivity index (χ3v) is 6.23. The lowest BCUT2D eigenvalue weighted by Gasteiger charge is -2.48. The second kappa shape index (κ2) is 7.65. The van der Waals surface area contributed by atoms with Gasteiger partial charge in [-0.25, -0.2) is 18.2 Å². The van der Waals surface area contributed by atoms with Crippen LogP contribution < -0.4 is 5.73 Å². The number of rotatable bonds is 4. The van der Waals surface area contributed by atoms with E-state index in [1.165, 1.54) is 12.3 Å². The number of halogens is 3. The lowest BCUT2D eigenvalue weighted by molar-refractivity contribution is -0.130. The van der Waals surface area contributed by atoms with E-state index in [1.54, 1.807) is 18.7 Å². The minimum Gasteiger partial charge on any atom is -0.384 e. The molecule has 2 aromatic heterocycles. The molecule has 164 valence electrons. The Labute approximate surface area is 176 Å². The maximum atomic E-state index is 15.3. The number of H-pyrrole nitrogens is 1. The molecule has 9 heteroatoms. The summed E-state index contributed by atoms with van der Waals surface area (Å²) in [5.74, 6) is -4.06. The molecule has 0 saturated carbocycles. The molecule has 1 saturated heterocycles. The van der Waals surface area contributed by atoms with Crippen LogP contribution in [0.25, 0.3) is 22.2 Å². The summed E-state index contributed by atoms with van der Waals surface area (Å²) in [5, 5.41) is 11.6. The smallest absolute Gasteiger partial charge is 0.231 e. The number of nitrogens with two attached hydrogens (primary N) is 1. The SMILES string of the molecule is C[C@@H]1CN(CC(N)=O)C[C@H](C)C1(O)c1c(F)cc(-c2ccnc3[nH]cc(F)c23)cc1F. The highest BCUT2D eigenvalue weighted by molar-refractivity contribution is 5.93. The number of carbonyl (C=O) groups excluding carboxylic acids is 1. The van der Waals surface area contributed by atoms with E-state index >= 15 is 8.78 Å². The molecular weight excluding hydrogens is 409 g/mol. The van der Waals surface area contributed by atoms with Crippen molar-refractivity contribution >= 4 is 16.9 Å². The van der Waals surface area contributed by atoms with Crippen LogP contribution in [0.15, 0.2) is 30.6 Å². The fourth-order valence-electron chi connectivity index (χ4n) is 4.82. The molecule has 1 aliphatic rings. The first-order valence-electron chi connectivity index (χ1n) is 9.97. The summed E-state index contributed by atoms with van der Waals surface area (Å²) in [6, 6.07) is 3.69. The van der Waals surface area contributed by atoms with Gasteiger partial charge in [-0.05, 0) is 29.3 Å². The number of pyridine rings is 1. The number of nitrogens with one attached hydrogen (secondary N) is 1. The van der Waals surface area contributed by atoms with E-state index in [0.717, 1.165) is 18.3 Å². The zero-order valence-corrected chi connectivity index (χ0v) is 17.1. The van der Waals surface area contributed by atoms with Gasteiger partial charge in [-0.3, -0.25) is 9.69 Å². The molecule has 1 unspecified atom stereocenters. The van der Waals surface area contributed by atoms with Crippen molar-refractivity contribution in [3.8, 4) is 11.1 Å². The van der Waals surface area contributed by atoms with E-state index in [1.807, 2.05) is 0 Å². The van der Waals surface area contributed by atoms with E-state index in [4.69, 9.17) is 5.73 Å². The fraction of sp³-hybridized carbons (Fsp3) is 0.364. The molecule has 0 spiro atoms. The Morgan fingerprint density at radius 1 is 1.23 bits per heavy atom. The molecule has 6 nitrogen and oxygen atoms in total. The highest BCUT2D eigenvalue weighted by atomic mass is 19.1. The summed E-state index contributed by atoms with van der Waals surface area (Å²) < 4.78 is 44.8. The molecule has 4 N–H and O–H groups in total. The maximum Gasteiger partial charge on any atom is 0.231 e. The number of aromatic amines is 1. The number of carbonyl (C=O) groups is 1. The van der Waals surface area contributed by atoms with Crippen molar-refractivity contribution in [2.24, 2.45) is 17.6 Å². The predicted octanol–water partition coefficient (Wildman–Crippen LogP) is 2.91. The molecule has 0 aliphatic carbocycles. The van der Waals surface area contributed by atoms with Crippen molar-refractivity contribution in [1.82, 2.24) is 14.9 Å². The first-order chi connectivity index (χ1) is 14.6. The van der Waals surface area contributed by atoms with Crippen LogP contribution in [-0.2, 0) is 10.4 Å². The summed E-state index contributed by atoms with van der Waals surface area (Å²) >= 11 is 0. The number of nitrogens with zero attached hydrogens (tertiary/aromatic N) is 2. The van der Waals surface area contributed by atoms with Gasteiger partial charge in [-0.1, -0.05) is 13.8 Å². The van der Waals surface area contributed by atoms with Gasteiger partial charge >= 0.3 is 0 Å². The number of hydrogen-bond donors (Lipinski definition) is 3. The van der Waals surface area contributed by atoms with Gasteiger partial charge in [0.15, 0.2) is 5.82 Å². The van der Waals surface area contributed by atoms with Crippen molar-refractivity contribution in [3.63, 3.8) is 0 Å². The fourth-order valence-corrected chi connectivity index (χ4v) is 4.82. The van der Waals surface area contributed by atoms with E-state index in [0.29, 0.717) is 0 Å². The molecule has 31 heavy (non-hydrogen) atoms. The molecule has 1 aliphatic heterocycles. The van der Waals surface area contributed by atoms with Crippen molar-refractivity contribution in [1.29, 1.82) is 0 Å². The molecule has 0 bridgehead atoms. The summed E-state index contributed by atoms with van der Waals surface area (Å²) in [4.78, 5) is 19.7. The number of fused-ring (bicyclic) bond motifs is 1. The minimum atomic E-state index is -1.78. The highest BCUT2D eigenvalue weighted by Crippen LogP contribution is 2.44. The average molecular weight is 432 g/mol. The number of hydrogen-bond acceptors (Lipinski definition) is 4. The number of benzene rings is 1. The van der Waals surface area contributed by atoms with Crippen LogP contribution in [0, 0.1) is 29.3 Å². The number of likely N-dealkylation sites (tertiary alicyclic amines) is 1. The quantitative estimate of drug-likeness (QED) is 0.591. The van der Waals surface area contributed by atoms with E-state index < -0.39 is 46.4 Å². The first kappa shape index (κ1) is 21.3. The zero-order chi connectivity index (χ0) is 22.5.